The Kier molecular flexibility index (Phi) is 3.43. The molecule has 0 unspecified atom stereocenters. The lowest BCUT2D eigenvalue weighted by Gasteiger charge is -2.18. The van der Waals surface area contributed by atoms with E-state index < -0.39 is 0 Å². The van der Waals surface area contributed by atoms with Crippen LogP contribution in [0.1, 0.15) is 18.5 Å². The third-order valence-electron chi connectivity index (χ3n) is 4.30. The molecule has 1 heterocycles. The van der Waals surface area contributed by atoms with Gasteiger partial charge in [-0.25, -0.2) is 4.98 Å². The fourth-order valence-electron chi connectivity index (χ4n) is 3.11. The Balaban J connectivity index is 1.97. The average Bonchev–Trinajstić information content (AvgIpc) is 3.02. The first kappa shape index (κ1) is 13.8. The van der Waals surface area contributed by atoms with Gasteiger partial charge in [-0.3, -0.25) is 0 Å². The van der Waals surface area contributed by atoms with Crippen molar-refractivity contribution in [3.05, 3.63) is 90.5 Å². The molecule has 23 heavy (non-hydrogen) atoms. The van der Waals surface area contributed by atoms with Crippen molar-refractivity contribution in [2.75, 3.05) is 0 Å². The lowest BCUT2D eigenvalue weighted by molar-refractivity contribution is 0.665. The number of imidazole rings is 1. The first-order valence-corrected chi connectivity index (χ1v) is 7.92. The van der Waals surface area contributed by atoms with E-state index in [4.69, 9.17) is 4.98 Å². The summed E-state index contributed by atoms with van der Waals surface area (Å²) in [7, 11) is 0. The third-order valence-corrected chi connectivity index (χ3v) is 4.30. The van der Waals surface area contributed by atoms with Crippen molar-refractivity contribution >= 4 is 11.0 Å². The van der Waals surface area contributed by atoms with Gasteiger partial charge in [-0.15, -0.1) is 0 Å². The quantitative estimate of drug-likeness (QED) is 0.501. The summed E-state index contributed by atoms with van der Waals surface area (Å²) in [5.41, 5.74) is 4.64. The van der Waals surface area contributed by atoms with Crippen molar-refractivity contribution < 1.29 is 0 Å². The van der Waals surface area contributed by atoms with E-state index in [1.807, 2.05) is 12.1 Å². The Morgan fingerprint density at radius 1 is 0.739 bits per heavy atom. The zero-order valence-corrected chi connectivity index (χ0v) is 13.1. The summed E-state index contributed by atoms with van der Waals surface area (Å²) < 4.78 is 2.33. The minimum atomic E-state index is 0.221. The molecule has 1 aromatic heterocycles. The van der Waals surface area contributed by atoms with E-state index in [-0.39, 0.29) is 6.04 Å². The number of para-hydroxylation sites is 2. The molecule has 3 aromatic carbocycles. The van der Waals surface area contributed by atoms with Crippen LogP contribution in [0.25, 0.3) is 22.4 Å². The standard InChI is InChI=1S/C21H18N2/c1-16(17-10-4-2-5-11-17)23-20-15-9-8-14-19(20)22-21(23)18-12-6-3-7-13-18/h2-16H,1H3/t16-/m1/s1. The molecule has 2 nitrogen and oxygen atoms in total. The lowest BCUT2D eigenvalue weighted by atomic mass is 10.1. The van der Waals surface area contributed by atoms with Crippen LogP contribution in [0.15, 0.2) is 84.9 Å². The summed E-state index contributed by atoms with van der Waals surface area (Å²) in [6, 6.07) is 29.6. The van der Waals surface area contributed by atoms with Crippen LogP contribution in [0.3, 0.4) is 0 Å². The molecular weight excluding hydrogens is 280 g/mol. The molecule has 4 rings (SSSR count). The highest BCUT2D eigenvalue weighted by atomic mass is 15.1. The molecule has 4 aromatic rings. The normalized spacial score (nSPS) is 12.4. The molecule has 0 amide bonds. The van der Waals surface area contributed by atoms with Crippen molar-refractivity contribution in [1.29, 1.82) is 0 Å². The van der Waals surface area contributed by atoms with Gasteiger partial charge in [-0.2, -0.15) is 0 Å². The van der Waals surface area contributed by atoms with Crippen LogP contribution in [-0.2, 0) is 0 Å². The van der Waals surface area contributed by atoms with Gasteiger partial charge in [-0.05, 0) is 24.6 Å². The summed E-state index contributed by atoms with van der Waals surface area (Å²) in [4.78, 5) is 4.89. The van der Waals surface area contributed by atoms with Crippen LogP contribution >= 0.6 is 0 Å². The van der Waals surface area contributed by atoms with Gasteiger partial charge < -0.3 is 4.57 Å². The number of aromatic nitrogens is 2. The number of benzene rings is 3. The van der Waals surface area contributed by atoms with Crippen molar-refractivity contribution in [1.82, 2.24) is 9.55 Å². The molecule has 0 saturated carbocycles. The Morgan fingerprint density at radius 3 is 2.09 bits per heavy atom. The SMILES string of the molecule is C[C@H](c1ccccc1)n1c(-c2ccccc2)nc2ccccc21. The predicted molar refractivity (Wildman–Crippen MR) is 95.4 cm³/mol. The third kappa shape index (κ3) is 2.42. The van der Waals surface area contributed by atoms with E-state index >= 15 is 0 Å². The Bertz CT molecular complexity index is 924. The van der Waals surface area contributed by atoms with Crippen molar-refractivity contribution in [3.8, 4) is 11.4 Å². The fraction of sp³-hybridized carbons (Fsp3) is 0.0952. The zero-order valence-electron chi connectivity index (χ0n) is 13.1. The largest absolute Gasteiger partial charge is 0.317 e. The molecular formula is C21H18N2. The van der Waals surface area contributed by atoms with Gasteiger partial charge in [0.25, 0.3) is 0 Å². The van der Waals surface area contributed by atoms with Crippen LogP contribution < -0.4 is 0 Å². The molecule has 0 N–H and O–H groups in total. The van der Waals surface area contributed by atoms with Gasteiger partial charge in [0.05, 0.1) is 17.1 Å². The zero-order chi connectivity index (χ0) is 15.6. The second-order valence-corrected chi connectivity index (χ2v) is 5.75. The molecule has 1 atom stereocenters. The molecule has 0 aliphatic heterocycles. The average molecular weight is 298 g/mol. The number of hydrogen-bond donors (Lipinski definition) is 0. The summed E-state index contributed by atoms with van der Waals surface area (Å²) in [5, 5.41) is 0. The Hall–Kier alpha value is -2.87. The van der Waals surface area contributed by atoms with Crippen LogP contribution in [0, 0.1) is 0 Å². The molecule has 0 radical (unpaired) electrons. The summed E-state index contributed by atoms with van der Waals surface area (Å²) in [6.07, 6.45) is 0. The van der Waals surface area contributed by atoms with Gasteiger partial charge in [-0.1, -0.05) is 72.8 Å². The van der Waals surface area contributed by atoms with Gasteiger partial charge in [0.2, 0.25) is 0 Å². The van der Waals surface area contributed by atoms with Crippen molar-refractivity contribution in [3.63, 3.8) is 0 Å². The van der Waals surface area contributed by atoms with E-state index in [9.17, 15) is 0 Å². The highest BCUT2D eigenvalue weighted by Gasteiger charge is 2.17. The van der Waals surface area contributed by atoms with Gasteiger partial charge >= 0.3 is 0 Å². The number of rotatable bonds is 3. The van der Waals surface area contributed by atoms with Gasteiger partial charge in [0.15, 0.2) is 0 Å². The number of nitrogens with zero attached hydrogens (tertiary/aromatic N) is 2. The summed E-state index contributed by atoms with van der Waals surface area (Å²) in [5.74, 6) is 1.02. The van der Waals surface area contributed by atoms with E-state index in [1.165, 1.54) is 11.1 Å². The lowest BCUT2D eigenvalue weighted by Crippen LogP contribution is -2.08. The monoisotopic (exact) mass is 298 g/mol. The molecule has 112 valence electrons. The van der Waals surface area contributed by atoms with E-state index in [2.05, 4.69) is 84.3 Å². The molecule has 0 saturated heterocycles. The topological polar surface area (TPSA) is 17.8 Å². The Morgan fingerprint density at radius 2 is 1.35 bits per heavy atom. The van der Waals surface area contributed by atoms with E-state index in [1.54, 1.807) is 0 Å². The number of hydrogen-bond acceptors (Lipinski definition) is 1. The highest BCUT2D eigenvalue weighted by Crippen LogP contribution is 2.31. The molecule has 0 bridgehead atoms. The molecule has 0 aliphatic rings. The van der Waals surface area contributed by atoms with E-state index in [0.29, 0.717) is 0 Å². The molecule has 0 spiro atoms. The van der Waals surface area contributed by atoms with Crippen LogP contribution in [-0.4, -0.2) is 9.55 Å². The maximum atomic E-state index is 4.89. The fourth-order valence-corrected chi connectivity index (χ4v) is 3.11. The van der Waals surface area contributed by atoms with E-state index in [0.717, 1.165) is 16.9 Å². The summed E-state index contributed by atoms with van der Waals surface area (Å²) in [6.45, 7) is 2.23. The van der Waals surface area contributed by atoms with Crippen LogP contribution in [0.5, 0.6) is 0 Å². The highest BCUT2D eigenvalue weighted by molar-refractivity contribution is 5.81. The summed E-state index contributed by atoms with van der Waals surface area (Å²) >= 11 is 0. The molecule has 0 aliphatic carbocycles. The minimum absolute atomic E-state index is 0.221. The predicted octanol–water partition coefficient (Wildman–Crippen LogP) is 5.31. The molecule has 0 fully saturated rings. The smallest absolute Gasteiger partial charge is 0.141 e. The maximum Gasteiger partial charge on any atom is 0.141 e. The Labute approximate surface area is 136 Å². The van der Waals surface area contributed by atoms with Gasteiger partial charge in [0.1, 0.15) is 5.82 Å². The maximum absolute atomic E-state index is 4.89. The van der Waals surface area contributed by atoms with Crippen molar-refractivity contribution in [2.45, 2.75) is 13.0 Å². The van der Waals surface area contributed by atoms with Crippen molar-refractivity contribution in [2.24, 2.45) is 0 Å². The number of fused-ring (bicyclic) bond motifs is 1. The van der Waals surface area contributed by atoms with Gasteiger partial charge in [0, 0.05) is 5.56 Å². The second-order valence-electron chi connectivity index (χ2n) is 5.75. The molecule has 2 heteroatoms. The first-order chi connectivity index (χ1) is 11.3. The van der Waals surface area contributed by atoms with Crippen LogP contribution in [0.4, 0.5) is 0 Å². The van der Waals surface area contributed by atoms with Crippen LogP contribution in [0.2, 0.25) is 0 Å². The minimum Gasteiger partial charge on any atom is -0.317 e. The first-order valence-electron chi connectivity index (χ1n) is 7.92. The second kappa shape index (κ2) is 5.73.